The van der Waals surface area contributed by atoms with Crippen LogP contribution < -0.4 is 4.74 Å². The van der Waals surface area contributed by atoms with Gasteiger partial charge in [0.05, 0.1) is 13.3 Å². The summed E-state index contributed by atoms with van der Waals surface area (Å²) in [4.78, 5) is 28.5. The van der Waals surface area contributed by atoms with Gasteiger partial charge in [0, 0.05) is 17.7 Å². The molecule has 0 radical (unpaired) electrons. The SMILES string of the molecule is COc1ccc(/C(=C\C(=O)O)CP(=O)(O)O)c(O)c1. The molecule has 0 saturated heterocycles. The van der Waals surface area contributed by atoms with Crippen LogP contribution in [0.2, 0.25) is 0 Å². The van der Waals surface area contributed by atoms with Gasteiger partial charge in [0.1, 0.15) is 11.5 Å². The van der Waals surface area contributed by atoms with Gasteiger partial charge in [-0.1, -0.05) is 0 Å². The number of ether oxygens (including phenoxy) is 1. The van der Waals surface area contributed by atoms with E-state index in [1.54, 1.807) is 0 Å². The van der Waals surface area contributed by atoms with E-state index in [9.17, 15) is 14.5 Å². The van der Waals surface area contributed by atoms with Crippen LogP contribution in [0.1, 0.15) is 5.56 Å². The topological polar surface area (TPSA) is 124 Å². The number of aromatic hydroxyl groups is 1. The van der Waals surface area contributed by atoms with E-state index in [0.29, 0.717) is 11.8 Å². The Morgan fingerprint density at radius 1 is 1.42 bits per heavy atom. The molecule has 0 fully saturated rings. The molecule has 1 aromatic carbocycles. The second kappa shape index (κ2) is 5.88. The highest BCUT2D eigenvalue weighted by molar-refractivity contribution is 7.52. The number of benzene rings is 1. The first-order valence-electron chi connectivity index (χ1n) is 5.08. The van der Waals surface area contributed by atoms with Crippen LogP contribution in [-0.4, -0.2) is 39.2 Å². The molecule has 19 heavy (non-hydrogen) atoms. The minimum atomic E-state index is -4.46. The molecule has 1 rings (SSSR count). The summed E-state index contributed by atoms with van der Waals surface area (Å²) in [6, 6.07) is 4.01. The summed E-state index contributed by atoms with van der Waals surface area (Å²) in [5, 5.41) is 18.4. The average Bonchev–Trinajstić information content (AvgIpc) is 2.25. The lowest BCUT2D eigenvalue weighted by atomic mass is 10.1. The Labute approximate surface area is 108 Å². The summed E-state index contributed by atoms with van der Waals surface area (Å²) in [7, 11) is -3.07. The monoisotopic (exact) mass is 288 g/mol. The van der Waals surface area contributed by atoms with Gasteiger partial charge in [0.15, 0.2) is 0 Å². The number of carbonyl (C=O) groups is 1. The maximum absolute atomic E-state index is 11.0. The van der Waals surface area contributed by atoms with Crippen molar-refractivity contribution in [2.75, 3.05) is 13.3 Å². The van der Waals surface area contributed by atoms with Gasteiger partial charge in [-0.3, -0.25) is 4.57 Å². The zero-order valence-electron chi connectivity index (χ0n) is 9.98. The zero-order valence-corrected chi connectivity index (χ0v) is 10.9. The normalized spacial score (nSPS) is 12.3. The van der Waals surface area contributed by atoms with E-state index in [1.807, 2.05) is 0 Å². The number of phenols is 1. The highest BCUT2D eigenvalue weighted by Gasteiger charge is 2.20. The number of hydrogen-bond donors (Lipinski definition) is 4. The molecular weight excluding hydrogens is 275 g/mol. The van der Waals surface area contributed by atoms with Crippen LogP contribution >= 0.6 is 7.60 Å². The third-order valence-electron chi connectivity index (χ3n) is 2.22. The third-order valence-corrected chi connectivity index (χ3v) is 2.98. The molecule has 0 bridgehead atoms. The van der Waals surface area contributed by atoms with Gasteiger partial charge in [-0.05, 0) is 17.7 Å². The zero-order chi connectivity index (χ0) is 14.6. The Bertz CT molecular complexity index is 558. The first kappa shape index (κ1) is 15.2. The van der Waals surface area contributed by atoms with Crippen molar-refractivity contribution in [3.8, 4) is 11.5 Å². The summed E-state index contributed by atoms with van der Waals surface area (Å²) >= 11 is 0. The number of hydrogen-bond acceptors (Lipinski definition) is 4. The molecule has 0 aliphatic rings. The largest absolute Gasteiger partial charge is 0.507 e. The fraction of sp³-hybridized carbons (Fsp3) is 0.182. The van der Waals surface area contributed by atoms with Crippen molar-refractivity contribution in [3.05, 3.63) is 29.8 Å². The quantitative estimate of drug-likeness (QED) is 0.471. The molecule has 0 unspecified atom stereocenters. The van der Waals surface area contributed by atoms with Crippen LogP contribution in [0.25, 0.3) is 5.57 Å². The van der Waals surface area contributed by atoms with Crippen molar-refractivity contribution in [2.24, 2.45) is 0 Å². The van der Waals surface area contributed by atoms with Crippen molar-refractivity contribution >= 4 is 19.1 Å². The Balaban J connectivity index is 3.26. The van der Waals surface area contributed by atoms with E-state index in [2.05, 4.69) is 0 Å². The van der Waals surface area contributed by atoms with Crippen LogP contribution in [-0.2, 0) is 9.36 Å². The number of rotatable bonds is 5. The van der Waals surface area contributed by atoms with Crippen molar-refractivity contribution in [3.63, 3.8) is 0 Å². The average molecular weight is 288 g/mol. The minimum absolute atomic E-state index is 0.0338. The molecular formula is C11H13O7P. The van der Waals surface area contributed by atoms with E-state index in [1.165, 1.54) is 25.3 Å². The Morgan fingerprint density at radius 3 is 2.47 bits per heavy atom. The summed E-state index contributed by atoms with van der Waals surface area (Å²) in [5.41, 5.74) is -0.132. The number of phenolic OH excluding ortho intramolecular Hbond substituents is 1. The summed E-state index contributed by atoms with van der Waals surface area (Å²) in [6.45, 7) is 0. The lowest BCUT2D eigenvalue weighted by Gasteiger charge is -2.11. The fourth-order valence-corrected chi connectivity index (χ4v) is 2.19. The third kappa shape index (κ3) is 4.75. The van der Waals surface area contributed by atoms with Gasteiger partial charge < -0.3 is 24.7 Å². The number of carboxylic acid groups (broad SMARTS) is 1. The molecule has 7 nitrogen and oxygen atoms in total. The van der Waals surface area contributed by atoms with Crippen LogP contribution in [0, 0.1) is 0 Å². The number of methoxy groups -OCH3 is 1. The molecule has 0 aliphatic heterocycles. The van der Waals surface area contributed by atoms with Crippen LogP contribution in [0.5, 0.6) is 11.5 Å². The number of allylic oxidation sites excluding steroid dienone is 1. The molecule has 0 spiro atoms. The van der Waals surface area contributed by atoms with Crippen molar-refractivity contribution in [1.29, 1.82) is 0 Å². The second-order valence-electron chi connectivity index (χ2n) is 3.71. The first-order chi connectivity index (χ1) is 8.73. The molecule has 8 heteroatoms. The second-order valence-corrected chi connectivity index (χ2v) is 5.36. The molecule has 4 N–H and O–H groups in total. The first-order valence-corrected chi connectivity index (χ1v) is 6.88. The van der Waals surface area contributed by atoms with E-state index in [-0.39, 0.29) is 16.9 Å². The van der Waals surface area contributed by atoms with E-state index in [4.69, 9.17) is 19.6 Å². The molecule has 0 amide bonds. The number of carboxylic acids is 1. The molecule has 0 aliphatic carbocycles. The van der Waals surface area contributed by atoms with Crippen molar-refractivity contribution in [2.45, 2.75) is 0 Å². The Kier molecular flexibility index (Phi) is 4.72. The van der Waals surface area contributed by atoms with Crippen LogP contribution in [0.15, 0.2) is 24.3 Å². The summed E-state index contributed by atoms with van der Waals surface area (Å²) in [5.74, 6) is -1.34. The van der Waals surface area contributed by atoms with Gasteiger partial charge in [-0.15, -0.1) is 0 Å². The van der Waals surface area contributed by atoms with E-state index >= 15 is 0 Å². The Morgan fingerprint density at radius 2 is 2.05 bits per heavy atom. The predicted octanol–water partition coefficient (Wildman–Crippen LogP) is 1.05. The summed E-state index contributed by atoms with van der Waals surface area (Å²) < 4.78 is 15.8. The van der Waals surface area contributed by atoms with E-state index in [0.717, 1.165) is 0 Å². The van der Waals surface area contributed by atoms with Gasteiger partial charge >= 0.3 is 13.6 Å². The maximum atomic E-state index is 11.0. The van der Waals surface area contributed by atoms with Gasteiger partial charge in [0.2, 0.25) is 0 Å². The molecule has 0 saturated carbocycles. The fourth-order valence-electron chi connectivity index (χ4n) is 1.49. The van der Waals surface area contributed by atoms with Crippen LogP contribution in [0.3, 0.4) is 0 Å². The Hall–Kier alpha value is -1.82. The lowest BCUT2D eigenvalue weighted by Crippen LogP contribution is -1.99. The molecule has 0 aromatic heterocycles. The van der Waals surface area contributed by atoms with Gasteiger partial charge in [0.25, 0.3) is 0 Å². The van der Waals surface area contributed by atoms with Crippen LogP contribution in [0.4, 0.5) is 0 Å². The molecule has 0 atom stereocenters. The van der Waals surface area contributed by atoms with E-state index < -0.39 is 19.7 Å². The highest BCUT2D eigenvalue weighted by atomic mass is 31.2. The van der Waals surface area contributed by atoms with Gasteiger partial charge in [-0.25, -0.2) is 4.79 Å². The van der Waals surface area contributed by atoms with Gasteiger partial charge in [-0.2, -0.15) is 0 Å². The standard InChI is InChI=1S/C11H13O7P/c1-18-8-2-3-9(10(12)5-8)7(4-11(13)14)6-19(15,16)17/h2-5,12H,6H2,1H3,(H,13,14)(H2,15,16,17)/b7-4-. The highest BCUT2D eigenvalue weighted by Crippen LogP contribution is 2.41. The minimum Gasteiger partial charge on any atom is -0.507 e. The summed E-state index contributed by atoms with van der Waals surface area (Å²) in [6.07, 6.45) is -0.125. The smallest absolute Gasteiger partial charge is 0.329 e. The number of aliphatic carboxylic acids is 1. The molecule has 1 aromatic rings. The predicted molar refractivity (Wildman–Crippen MR) is 67.2 cm³/mol. The molecule has 0 heterocycles. The maximum Gasteiger partial charge on any atom is 0.329 e. The van der Waals surface area contributed by atoms with Crippen molar-refractivity contribution < 1.29 is 34.1 Å². The van der Waals surface area contributed by atoms with Crippen molar-refractivity contribution in [1.82, 2.24) is 0 Å². The lowest BCUT2D eigenvalue weighted by molar-refractivity contribution is -0.131. The molecule has 104 valence electrons.